The quantitative estimate of drug-likeness (QED) is 0.938. The Morgan fingerprint density at radius 1 is 1.24 bits per heavy atom. The van der Waals surface area contributed by atoms with Gasteiger partial charge in [0.1, 0.15) is 10.0 Å². The number of rotatable bonds is 3. The van der Waals surface area contributed by atoms with E-state index in [1.165, 1.54) is 11.3 Å². The lowest BCUT2D eigenvalue weighted by molar-refractivity contribution is 0.0531. The molecule has 1 fully saturated rings. The lowest BCUT2D eigenvalue weighted by atomic mass is 10.2. The molecule has 0 aliphatic carbocycles. The highest BCUT2D eigenvalue weighted by Gasteiger charge is 2.16. The van der Waals surface area contributed by atoms with Gasteiger partial charge in [-0.3, -0.25) is 0 Å². The first-order chi connectivity index (χ1) is 10.3. The van der Waals surface area contributed by atoms with Crippen molar-refractivity contribution in [2.45, 2.75) is 6.54 Å². The number of aromatic nitrogens is 2. The number of nitrogens with zero attached hydrogens (tertiary/aromatic N) is 3. The van der Waals surface area contributed by atoms with Gasteiger partial charge >= 0.3 is 6.03 Å². The average molecular weight is 304 g/mol. The van der Waals surface area contributed by atoms with Crippen LogP contribution in [0.3, 0.4) is 0 Å². The van der Waals surface area contributed by atoms with E-state index in [0.29, 0.717) is 32.8 Å². The Morgan fingerprint density at radius 3 is 2.76 bits per heavy atom. The van der Waals surface area contributed by atoms with Gasteiger partial charge in [0, 0.05) is 18.7 Å². The lowest BCUT2D eigenvalue weighted by Gasteiger charge is -2.26. The summed E-state index contributed by atoms with van der Waals surface area (Å²) in [6, 6.07) is 9.82. The van der Waals surface area contributed by atoms with Gasteiger partial charge in [-0.15, -0.1) is 10.2 Å². The number of morpholine rings is 1. The van der Waals surface area contributed by atoms with E-state index in [4.69, 9.17) is 4.74 Å². The monoisotopic (exact) mass is 304 g/mol. The van der Waals surface area contributed by atoms with Crippen LogP contribution in [0.15, 0.2) is 30.3 Å². The van der Waals surface area contributed by atoms with Gasteiger partial charge in [0.15, 0.2) is 0 Å². The molecule has 1 aromatic heterocycles. The lowest BCUT2D eigenvalue weighted by Crippen LogP contribution is -2.45. The molecule has 2 aromatic rings. The third kappa shape index (κ3) is 3.56. The molecule has 0 saturated carbocycles. The van der Waals surface area contributed by atoms with Crippen molar-refractivity contribution in [3.8, 4) is 10.6 Å². The van der Waals surface area contributed by atoms with Gasteiger partial charge in [0.2, 0.25) is 0 Å². The molecule has 0 atom stereocenters. The molecule has 1 saturated heterocycles. The van der Waals surface area contributed by atoms with E-state index >= 15 is 0 Å². The maximum atomic E-state index is 12.0. The fourth-order valence-corrected chi connectivity index (χ4v) is 2.84. The second-order valence-electron chi connectivity index (χ2n) is 4.63. The molecular formula is C14H16N4O2S. The standard InChI is InChI=1S/C14H16N4O2S/c19-14(18-6-8-20-9-7-18)15-10-12-16-17-13(21-12)11-4-2-1-3-5-11/h1-5H,6-10H2,(H,15,19). The molecule has 1 aliphatic heterocycles. The second kappa shape index (κ2) is 6.64. The molecule has 2 heterocycles. The van der Waals surface area contributed by atoms with Gasteiger partial charge in [-0.1, -0.05) is 41.7 Å². The molecule has 110 valence electrons. The van der Waals surface area contributed by atoms with E-state index in [9.17, 15) is 4.79 Å². The number of carbonyl (C=O) groups excluding carboxylic acids is 1. The van der Waals surface area contributed by atoms with Crippen LogP contribution in [-0.4, -0.2) is 47.4 Å². The van der Waals surface area contributed by atoms with Crippen molar-refractivity contribution in [1.29, 1.82) is 0 Å². The topological polar surface area (TPSA) is 67.4 Å². The van der Waals surface area contributed by atoms with Gasteiger partial charge < -0.3 is 15.0 Å². The van der Waals surface area contributed by atoms with Gasteiger partial charge in [-0.25, -0.2) is 4.79 Å². The summed E-state index contributed by atoms with van der Waals surface area (Å²) in [6.07, 6.45) is 0. The van der Waals surface area contributed by atoms with E-state index in [0.717, 1.165) is 15.6 Å². The fourth-order valence-electron chi connectivity index (χ4n) is 2.05. The number of hydrogen-bond donors (Lipinski definition) is 1. The average Bonchev–Trinajstić information content (AvgIpc) is 3.03. The van der Waals surface area contributed by atoms with E-state index in [2.05, 4.69) is 15.5 Å². The van der Waals surface area contributed by atoms with Crippen LogP contribution in [0.4, 0.5) is 4.79 Å². The van der Waals surface area contributed by atoms with Crippen LogP contribution in [-0.2, 0) is 11.3 Å². The third-order valence-corrected chi connectivity index (χ3v) is 4.15. The fraction of sp³-hybridized carbons (Fsp3) is 0.357. The van der Waals surface area contributed by atoms with E-state index in [1.54, 1.807) is 4.90 Å². The first-order valence-electron chi connectivity index (χ1n) is 6.81. The van der Waals surface area contributed by atoms with Crippen molar-refractivity contribution in [1.82, 2.24) is 20.4 Å². The predicted molar refractivity (Wildman–Crippen MR) is 80.0 cm³/mol. The third-order valence-electron chi connectivity index (χ3n) is 3.18. The van der Waals surface area contributed by atoms with Gasteiger partial charge in [-0.2, -0.15) is 0 Å². The van der Waals surface area contributed by atoms with Crippen LogP contribution in [0.25, 0.3) is 10.6 Å². The number of benzene rings is 1. The largest absolute Gasteiger partial charge is 0.378 e. The molecule has 0 bridgehead atoms. The summed E-state index contributed by atoms with van der Waals surface area (Å²) in [5.41, 5.74) is 1.04. The summed E-state index contributed by atoms with van der Waals surface area (Å²) < 4.78 is 5.22. The van der Waals surface area contributed by atoms with Crippen LogP contribution in [0.1, 0.15) is 5.01 Å². The minimum absolute atomic E-state index is 0.0743. The van der Waals surface area contributed by atoms with Gasteiger partial charge in [0.25, 0.3) is 0 Å². The second-order valence-corrected chi connectivity index (χ2v) is 5.69. The molecule has 3 rings (SSSR count). The number of nitrogens with one attached hydrogen (secondary N) is 1. The van der Waals surface area contributed by atoms with Crippen molar-refractivity contribution in [3.63, 3.8) is 0 Å². The summed E-state index contributed by atoms with van der Waals surface area (Å²) >= 11 is 1.49. The Balaban J connectivity index is 1.56. The summed E-state index contributed by atoms with van der Waals surface area (Å²) in [4.78, 5) is 13.7. The summed E-state index contributed by atoms with van der Waals surface area (Å²) in [7, 11) is 0. The Bertz CT molecular complexity index is 596. The van der Waals surface area contributed by atoms with E-state index < -0.39 is 0 Å². The SMILES string of the molecule is O=C(NCc1nnc(-c2ccccc2)s1)N1CCOCC1. The highest BCUT2D eigenvalue weighted by molar-refractivity contribution is 7.14. The summed E-state index contributed by atoms with van der Waals surface area (Å²) in [6.45, 7) is 2.88. The number of carbonyl (C=O) groups is 1. The Morgan fingerprint density at radius 2 is 2.00 bits per heavy atom. The van der Waals surface area contributed by atoms with Crippen molar-refractivity contribution >= 4 is 17.4 Å². The molecule has 1 aliphatic rings. The molecule has 7 heteroatoms. The first-order valence-corrected chi connectivity index (χ1v) is 7.63. The molecule has 1 aromatic carbocycles. The van der Waals surface area contributed by atoms with Gasteiger partial charge in [0.05, 0.1) is 19.8 Å². The molecule has 6 nitrogen and oxygen atoms in total. The van der Waals surface area contributed by atoms with Crippen molar-refractivity contribution < 1.29 is 9.53 Å². The molecule has 0 unspecified atom stereocenters. The Labute approximate surface area is 126 Å². The zero-order valence-electron chi connectivity index (χ0n) is 11.5. The van der Waals surface area contributed by atoms with Crippen molar-refractivity contribution in [2.24, 2.45) is 0 Å². The molecule has 0 spiro atoms. The number of amides is 2. The van der Waals surface area contributed by atoms with Crippen molar-refractivity contribution in [2.75, 3.05) is 26.3 Å². The molecular weight excluding hydrogens is 288 g/mol. The van der Waals surface area contributed by atoms with Crippen LogP contribution >= 0.6 is 11.3 Å². The van der Waals surface area contributed by atoms with E-state index in [-0.39, 0.29) is 6.03 Å². The summed E-state index contributed by atoms with van der Waals surface area (Å²) in [5, 5.41) is 12.8. The molecule has 21 heavy (non-hydrogen) atoms. The Hall–Kier alpha value is -1.99. The van der Waals surface area contributed by atoms with Crippen LogP contribution in [0.2, 0.25) is 0 Å². The minimum Gasteiger partial charge on any atom is -0.378 e. The molecule has 1 N–H and O–H groups in total. The minimum atomic E-state index is -0.0743. The maximum Gasteiger partial charge on any atom is 0.317 e. The first kappa shape index (κ1) is 14.0. The Kier molecular flexibility index (Phi) is 4.42. The number of hydrogen-bond acceptors (Lipinski definition) is 5. The van der Waals surface area contributed by atoms with Crippen LogP contribution in [0, 0.1) is 0 Å². The number of ether oxygens (including phenoxy) is 1. The predicted octanol–water partition coefficient (Wildman–Crippen LogP) is 1.75. The van der Waals surface area contributed by atoms with E-state index in [1.807, 2.05) is 30.3 Å². The maximum absolute atomic E-state index is 12.0. The highest BCUT2D eigenvalue weighted by atomic mass is 32.1. The van der Waals surface area contributed by atoms with Crippen molar-refractivity contribution in [3.05, 3.63) is 35.3 Å². The molecule has 0 radical (unpaired) electrons. The smallest absolute Gasteiger partial charge is 0.317 e. The number of urea groups is 1. The van der Waals surface area contributed by atoms with Gasteiger partial charge in [-0.05, 0) is 0 Å². The van der Waals surface area contributed by atoms with Crippen LogP contribution < -0.4 is 5.32 Å². The normalized spacial score (nSPS) is 15.0. The summed E-state index contributed by atoms with van der Waals surface area (Å²) in [5.74, 6) is 0. The zero-order valence-corrected chi connectivity index (χ0v) is 12.3. The highest BCUT2D eigenvalue weighted by Crippen LogP contribution is 2.22. The molecule has 2 amide bonds. The zero-order chi connectivity index (χ0) is 14.5. The van der Waals surface area contributed by atoms with Crippen LogP contribution in [0.5, 0.6) is 0 Å².